The Labute approximate surface area is 67.7 Å². The number of methoxy groups -OCH3 is 2. The maximum absolute atomic E-state index is 9.74. The average Bonchev–Trinajstić information content (AvgIpc) is 2.65. The normalized spacial score (nSPS) is 17.5. The van der Waals surface area contributed by atoms with E-state index >= 15 is 0 Å². The van der Waals surface area contributed by atoms with E-state index in [9.17, 15) is 4.79 Å². The average molecular weight is 160 g/mol. The monoisotopic (exact) mass is 160 g/mol. The van der Waals surface area contributed by atoms with Crippen LogP contribution in [0.4, 0.5) is 4.79 Å². The first-order valence-corrected chi connectivity index (χ1v) is 3.64. The van der Waals surface area contributed by atoms with Crippen molar-refractivity contribution in [3.05, 3.63) is 0 Å². The fourth-order valence-corrected chi connectivity index (χ4v) is 0.333. The van der Waals surface area contributed by atoms with Crippen LogP contribution in [0.25, 0.3) is 0 Å². The minimum atomic E-state index is -0.657. The maximum Gasteiger partial charge on any atom is 0.507 e. The van der Waals surface area contributed by atoms with Crippen molar-refractivity contribution >= 4 is 6.16 Å². The third-order valence-electron chi connectivity index (χ3n) is 1.58. The second kappa shape index (κ2) is 4.21. The minimum absolute atomic E-state index is 0.657. The molecule has 0 saturated heterocycles. The van der Waals surface area contributed by atoms with Gasteiger partial charge in [-0.05, 0) is 18.3 Å². The Kier molecular flexibility index (Phi) is 3.93. The Hall–Kier alpha value is -0.730. The highest BCUT2D eigenvalue weighted by molar-refractivity contribution is 5.59. The highest BCUT2D eigenvalue weighted by atomic mass is 16.7. The van der Waals surface area contributed by atoms with Crippen molar-refractivity contribution in [3.63, 3.8) is 0 Å². The molecule has 0 atom stereocenters. The van der Waals surface area contributed by atoms with Gasteiger partial charge in [0.2, 0.25) is 0 Å². The molecule has 0 aromatic rings. The van der Waals surface area contributed by atoms with E-state index < -0.39 is 6.16 Å². The van der Waals surface area contributed by atoms with Gasteiger partial charge in [0.15, 0.2) is 0 Å². The van der Waals surface area contributed by atoms with Gasteiger partial charge in [-0.3, -0.25) is 0 Å². The molecule has 0 amide bonds. The van der Waals surface area contributed by atoms with E-state index in [1.165, 1.54) is 27.1 Å². The molecule has 3 heteroatoms. The summed E-state index contributed by atoms with van der Waals surface area (Å²) in [6.45, 7) is 4.60. The molecule has 0 unspecified atom stereocenters. The minimum Gasteiger partial charge on any atom is -0.438 e. The largest absolute Gasteiger partial charge is 0.507 e. The molecule has 0 aliphatic heterocycles. The first-order chi connectivity index (χ1) is 5.02. The summed E-state index contributed by atoms with van der Waals surface area (Å²) in [5.41, 5.74) is 0.750. The van der Waals surface area contributed by atoms with Crippen molar-refractivity contribution < 1.29 is 14.3 Å². The second-order valence-electron chi connectivity index (χ2n) is 3.32. The summed E-state index contributed by atoms with van der Waals surface area (Å²) in [4.78, 5) is 9.74. The van der Waals surface area contributed by atoms with Crippen LogP contribution in [-0.4, -0.2) is 20.4 Å². The zero-order chi connectivity index (χ0) is 8.91. The van der Waals surface area contributed by atoms with Gasteiger partial charge in [0.25, 0.3) is 0 Å². The van der Waals surface area contributed by atoms with Gasteiger partial charge in [0.05, 0.1) is 14.2 Å². The lowest BCUT2D eigenvalue weighted by atomic mass is 10.2. The van der Waals surface area contributed by atoms with Crippen LogP contribution in [0.5, 0.6) is 0 Å². The number of carbonyl (C=O) groups excluding carboxylic acids is 1. The van der Waals surface area contributed by atoms with Crippen molar-refractivity contribution in [1.82, 2.24) is 0 Å². The molecule has 0 radical (unpaired) electrons. The fraction of sp³-hybridized carbons (Fsp3) is 0.875. The molecule has 1 saturated carbocycles. The van der Waals surface area contributed by atoms with Gasteiger partial charge in [-0.2, -0.15) is 0 Å². The number of rotatable bonds is 0. The van der Waals surface area contributed by atoms with Gasteiger partial charge in [-0.25, -0.2) is 4.79 Å². The third-order valence-corrected chi connectivity index (χ3v) is 1.58. The lowest BCUT2D eigenvalue weighted by Gasteiger charge is -1.89. The molecule has 0 spiro atoms. The fourth-order valence-electron chi connectivity index (χ4n) is 0.333. The Balaban J connectivity index is 0.000000183. The van der Waals surface area contributed by atoms with Crippen LogP contribution in [0, 0.1) is 5.41 Å². The van der Waals surface area contributed by atoms with Crippen molar-refractivity contribution in [3.8, 4) is 0 Å². The molecular formula is C8H16O3. The van der Waals surface area contributed by atoms with Crippen LogP contribution >= 0.6 is 0 Å². The van der Waals surface area contributed by atoms with E-state index in [2.05, 4.69) is 23.3 Å². The third kappa shape index (κ3) is 7.16. The summed E-state index contributed by atoms with van der Waals surface area (Å²) in [6, 6.07) is 0. The molecule has 1 fully saturated rings. The van der Waals surface area contributed by atoms with Gasteiger partial charge < -0.3 is 9.47 Å². The maximum atomic E-state index is 9.74. The molecule has 0 aromatic carbocycles. The Morgan fingerprint density at radius 3 is 1.45 bits per heavy atom. The molecule has 11 heavy (non-hydrogen) atoms. The zero-order valence-corrected chi connectivity index (χ0v) is 7.64. The van der Waals surface area contributed by atoms with Crippen LogP contribution < -0.4 is 0 Å². The quantitative estimate of drug-likeness (QED) is 0.509. The van der Waals surface area contributed by atoms with Crippen molar-refractivity contribution in [2.75, 3.05) is 14.2 Å². The molecule has 1 aliphatic rings. The van der Waals surface area contributed by atoms with E-state index in [1.54, 1.807) is 0 Å². The molecule has 1 rings (SSSR count). The zero-order valence-electron chi connectivity index (χ0n) is 7.64. The van der Waals surface area contributed by atoms with E-state index in [-0.39, 0.29) is 0 Å². The summed E-state index contributed by atoms with van der Waals surface area (Å²) in [5, 5.41) is 0. The first kappa shape index (κ1) is 10.3. The van der Waals surface area contributed by atoms with Crippen molar-refractivity contribution in [1.29, 1.82) is 0 Å². The van der Waals surface area contributed by atoms with Gasteiger partial charge in [-0.1, -0.05) is 13.8 Å². The predicted molar refractivity (Wildman–Crippen MR) is 42.4 cm³/mol. The Bertz CT molecular complexity index is 117. The number of hydrogen-bond donors (Lipinski definition) is 0. The number of hydrogen-bond acceptors (Lipinski definition) is 3. The van der Waals surface area contributed by atoms with E-state index in [4.69, 9.17) is 0 Å². The summed E-state index contributed by atoms with van der Waals surface area (Å²) in [6.07, 6.45) is 2.25. The second-order valence-corrected chi connectivity index (χ2v) is 3.32. The summed E-state index contributed by atoms with van der Waals surface area (Å²) < 4.78 is 8.08. The SMILES string of the molecule is CC1(C)CC1.COC(=O)OC. The summed E-state index contributed by atoms with van der Waals surface area (Å²) in [7, 11) is 2.51. The number of carbonyl (C=O) groups is 1. The van der Waals surface area contributed by atoms with Crippen LogP contribution in [0.1, 0.15) is 26.7 Å². The number of ether oxygens (including phenoxy) is 2. The molecular weight excluding hydrogens is 144 g/mol. The van der Waals surface area contributed by atoms with Crippen LogP contribution in [0.2, 0.25) is 0 Å². The Morgan fingerprint density at radius 2 is 1.45 bits per heavy atom. The van der Waals surface area contributed by atoms with E-state index in [0.29, 0.717) is 0 Å². The van der Waals surface area contributed by atoms with Crippen molar-refractivity contribution in [2.45, 2.75) is 26.7 Å². The molecule has 1 aliphatic carbocycles. The molecule has 0 bridgehead atoms. The van der Waals surface area contributed by atoms with E-state index in [1.807, 2.05) is 0 Å². The molecule has 0 N–H and O–H groups in total. The Morgan fingerprint density at radius 1 is 1.18 bits per heavy atom. The highest BCUT2D eigenvalue weighted by Crippen LogP contribution is 2.43. The van der Waals surface area contributed by atoms with Gasteiger partial charge in [0, 0.05) is 0 Å². The molecule has 0 aromatic heterocycles. The first-order valence-electron chi connectivity index (χ1n) is 3.64. The lowest BCUT2D eigenvalue weighted by molar-refractivity contribution is 0.0924. The van der Waals surface area contributed by atoms with Crippen molar-refractivity contribution in [2.24, 2.45) is 5.41 Å². The summed E-state index contributed by atoms with van der Waals surface area (Å²) >= 11 is 0. The van der Waals surface area contributed by atoms with Gasteiger partial charge in [0.1, 0.15) is 0 Å². The van der Waals surface area contributed by atoms with Crippen LogP contribution in [0.15, 0.2) is 0 Å². The molecule has 66 valence electrons. The van der Waals surface area contributed by atoms with Gasteiger partial charge in [-0.15, -0.1) is 0 Å². The van der Waals surface area contributed by atoms with Gasteiger partial charge >= 0.3 is 6.16 Å². The molecule has 0 heterocycles. The smallest absolute Gasteiger partial charge is 0.438 e. The van der Waals surface area contributed by atoms with E-state index in [0.717, 1.165) is 5.41 Å². The predicted octanol–water partition coefficient (Wildman–Crippen LogP) is 2.21. The molecule has 3 nitrogen and oxygen atoms in total. The standard InChI is InChI=1S/C5H10.C3H6O3/c1-5(2)3-4-5;1-5-3(4)6-2/h3-4H2,1-2H3;1-2H3. The lowest BCUT2D eigenvalue weighted by Crippen LogP contribution is -1.97. The highest BCUT2D eigenvalue weighted by Gasteiger charge is 2.30. The van der Waals surface area contributed by atoms with Crippen LogP contribution in [0.3, 0.4) is 0 Å². The van der Waals surface area contributed by atoms with Crippen LogP contribution in [-0.2, 0) is 9.47 Å². The topological polar surface area (TPSA) is 35.5 Å². The summed E-state index contributed by atoms with van der Waals surface area (Å²) in [5.74, 6) is 0.